The first-order chi connectivity index (χ1) is 9.10. The Hall–Kier alpha value is -1.03. The first-order valence-corrected chi connectivity index (χ1v) is 7.49. The van der Waals surface area contributed by atoms with Gasteiger partial charge in [0.25, 0.3) is 0 Å². The van der Waals surface area contributed by atoms with E-state index in [1.54, 1.807) is 30.0 Å². The number of halogens is 2. The van der Waals surface area contributed by atoms with Crippen LogP contribution >= 0.6 is 35.0 Å². The predicted octanol–water partition coefficient (Wildman–Crippen LogP) is 5.48. The van der Waals surface area contributed by atoms with E-state index in [-0.39, 0.29) is 0 Å². The summed E-state index contributed by atoms with van der Waals surface area (Å²) in [5.41, 5.74) is 6.51. The molecule has 2 aromatic carbocycles. The third kappa shape index (κ3) is 3.72. The third-order valence-electron chi connectivity index (χ3n) is 2.39. The normalized spacial score (nSPS) is 10.5. The van der Waals surface area contributed by atoms with E-state index in [0.717, 1.165) is 22.1 Å². The van der Waals surface area contributed by atoms with Gasteiger partial charge in [0, 0.05) is 11.8 Å². The molecule has 2 rings (SSSR count). The van der Waals surface area contributed by atoms with Gasteiger partial charge in [0.2, 0.25) is 0 Å². The summed E-state index contributed by atoms with van der Waals surface area (Å²) in [5.74, 6) is 2.36. The molecule has 0 heterocycles. The van der Waals surface area contributed by atoms with Crippen LogP contribution in [0.4, 0.5) is 5.69 Å². The summed E-state index contributed by atoms with van der Waals surface area (Å²) in [6, 6.07) is 10.8. The molecule has 2 N–H and O–H groups in total. The lowest BCUT2D eigenvalue weighted by molar-refractivity contribution is 0.471. The second-order valence-corrected chi connectivity index (χ2v) is 5.94. The van der Waals surface area contributed by atoms with Crippen molar-refractivity contribution in [3.63, 3.8) is 0 Å². The largest absolute Gasteiger partial charge is 0.456 e. The summed E-state index contributed by atoms with van der Waals surface area (Å²) in [5, 5.41) is 0.980. The summed E-state index contributed by atoms with van der Waals surface area (Å²) in [6.07, 6.45) is 0. The number of benzene rings is 2. The molecule has 0 aliphatic rings. The van der Waals surface area contributed by atoms with Crippen molar-refractivity contribution in [1.82, 2.24) is 0 Å². The van der Waals surface area contributed by atoms with Crippen molar-refractivity contribution in [1.29, 1.82) is 0 Å². The summed E-state index contributed by atoms with van der Waals surface area (Å²) in [7, 11) is 0. The highest BCUT2D eigenvalue weighted by Gasteiger charge is 2.07. The number of hydrogen-bond acceptors (Lipinski definition) is 3. The number of nitrogens with two attached hydrogens (primary N) is 1. The van der Waals surface area contributed by atoms with Crippen molar-refractivity contribution in [3.8, 4) is 11.5 Å². The van der Waals surface area contributed by atoms with Crippen LogP contribution in [0, 0.1) is 0 Å². The minimum Gasteiger partial charge on any atom is -0.456 e. The van der Waals surface area contributed by atoms with Crippen LogP contribution in [-0.4, -0.2) is 5.75 Å². The average molecular weight is 314 g/mol. The maximum atomic E-state index is 5.97. The number of hydrogen-bond donors (Lipinski definition) is 1. The van der Waals surface area contributed by atoms with E-state index >= 15 is 0 Å². The number of thioether (sulfide) groups is 1. The maximum absolute atomic E-state index is 5.97. The van der Waals surface area contributed by atoms with Crippen LogP contribution < -0.4 is 10.5 Å². The van der Waals surface area contributed by atoms with Crippen LogP contribution in [0.5, 0.6) is 11.5 Å². The number of nitrogen functional groups attached to an aromatic ring is 1. The van der Waals surface area contributed by atoms with Gasteiger partial charge in [-0.05, 0) is 36.1 Å². The summed E-state index contributed by atoms with van der Waals surface area (Å²) >= 11 is 13.5. The molecular weight excluding hydrogens is 301 g/mol. The van der Waals surface area contributed by atoms with Crippen LogP contribution in [0.25, 0.3) is 0 Å². The van der Waals surface area contributed by atoms with Crippen molar-refractivity contribution < 1.29 is 4.74 Å². The molecule has 0 saturated carbocycles. The Morgan fingerprint density at radius 2 is 1.89 bits per heavy atom. The van der Waals surface area contributed by atoms with E-state index in [1.807, 2.05) is 18.2 Å². The number of anilines is 1. The maximum Gasteiger partial charge on any atom is 0.141 e. The fourth-order valence-corrected chi connectivity index (χ4v) is 2.62. The molecule has 2 aromatic rings. The zero-order valence-electron chi connectivity index (χ0n) is 10.3. The molecule has 0 fully saturated rings. The van der Waals surface area contributed by atoms with Crippen LogP contribution in [0.3, 0.4) is 0 Å². The molecule has 19 heavy (non-hydrogen) atoms. The molecule has 0 aliphatic carbocycles. The Morgan fingerprint density at radius 3 is 2.58 bits per heavy atom. The van der Waals surface area contributed by atoms with Crippen LogP contribution in [0.2, 0.25) is 10.0 Å². The summed E-state index contributed by atoms with van der Waals surface area (Å²) < 4.78 is 5.83. The Morgan fingerprint density at radius 1 is 1.11 bits per heavy atom. The summed E-state index contributed by atoms with van der Waals surface area (Å²) in [6.45, 7) is 2.08. The van der Waals surface area contributed by atoms with E-state index in [4.69, 9.17) is 33.7 Å². The van der Waals surface area contributed by atoms with Crippen LogP contribution in [-0.2, 0) is 0 Å². The third-order valence-corrected chi connectivity index (χ3v) is 4.04. The molecule has 0 unspecified atom stereocenters. The van der Waals surface area contributed by atoms with Gasteiger partial charge < -0.3 is 10.5 Å². The molecule has 0 aliphatic heterocycles. The fraction of sp³-hybridized carbons (Fsp3) is 0.143. The lowest BCUT2D eigenvalue weighted by Gasteiger charge is -2.11. The minimum atomic E-state index is 0.472. The molecule has 5 heteroatoms. The topological polar surface area (TPSA) is 35.2 Å². The lowest BCUT2D eigenvalue weighted by atomic mass is 10.3. The van der Waals surface area contributed by atoms with Gasteiger partial charge in [0.05, 0.1) is 14.9 Å². The van der Waals surface area contributed by atoms with E-state index in [1.165, 1.54) is 0 Å². The van der Waals surface area contributed by atoms with Gasteiger partial charge in [-0.1, -0.05) is 30.1 Å². The SMILES string of the molecule is CCSc1cc(N)ccc1Oc1ccc(Cl)c(Cl)c1. The highest BCUT2D eigenvalue weighted by molar-refractivity contribution is 7.99. The van der Waals surface area contributed by atoms with E-state index < -0.39 is 0 Å². The molecule has 0 radical (unpaired) electrons. The molecular formula is C14H13Cl2NOS. The van der Waals surface area contributed by atoms with Gasteiger partial charge in [0.1, 0.15) is 11.5 Å². The fourth-order valence-electron chi connectivity index (χ4n) is 1.54. The van der Waals surface area contributed by atoms with Gasteiger partial charge in [-0.25, -0.2) is 0 Å². The highest BCUT2D eigenvalue weighted by Crippen LogP contribution is 2.36. The second kappa shape index (κ2) is 6.42. The molecule has 0 spiro atoms. The van der Waals surface area contributed by atoms with E-state index in [2.05, 4.69) is 6.92 Å². The zero-order chi connectivity index (χ0) is 13.8. The number of rotatable bonds is 4. The Kier molecular flexibility index (Phi) is 4.86. The average Bonchev–Trinajstić information content (AvgIpc) is 2.37. The first kappa shape index (κ1) is 14.4. The second-order valence-electron chi connectivity index (χ2n) is 3.82. The smallest absolute Gasteiger partial charge is 0.141 e. The van der Waals surface area contributed by atoms with Crippen LogP contribution in [0.15, 0.2) is 41.3 Å². The predicted molar refractivity (Wildman–Crippen MR) is 83.8 cm³/mol. The Bertz CT molecular complexity index is 590. The lowest BCUT2D eigenvalue weighted by Crippen LogP contribution is -1.90. The molecule has 0 saturated heterocycles. The van der Waals surface area contributed by atoms with Gasteiger partial charge >= 0.3 is 0 Å². The molecule has 100 valence electrons. The highest BCUT2D eigenvalue weighted by atomic mass is 35.5. The van der Waals surface area contributed by atoms with Crippen molar-refractivity contribution >= 4 is 40.7 Å². The quantitative estimate of drug-likeness (QED) is 0.599. The van der Waals surface area contributed by atoms with E-state index in [9.17, 15) is 0 Å². The molecule has 0 atom stereocenters. The van der Waals surface area contributed by atoms with Crippen molar-refractivity contribution in [2.75, 3.05) is 11.5 Å². The first-order valence-electron chi connectivity index (χ1n) is 5.75. The van der Waals surface area contributed by atoms with Crippen molar-refractivity contribution in [2.24, 2.45) is 0 Å². The Balaban J connectivity index is 2.29. The van der Waals surface area contributed by atoms with Crippen molar-refractivity contribution in [2.45, 2.75) is 11.8 Å². The molecule has 0 amide bonds. The standard InChI is InChI=1S/C14H13Cl2NOS/c1-2-19-14-7-9(17)3-6-13(14)18-10-4-5-11(15)12(16)8-10/h3-8H,2,17H2,1H3. The minimum absolute atomic E-state index is 0.472. The number of ether oxygens (including phenoxy) is 1. The molecule has 2 nitrogen and oxygen atoms in total. The van der Waals surface area contributed by atoms with E-state index in [0.29, 0.717) is 15.8 Å². The zero-order valence-corrected chi connectivity index (χ0v) is 12.6. The van der Waals surface area contributed by atoms with Gasteiger partial charge in [-0.15, -0.1) is 11.8 Å². The monoisotopic (exact) mass is 313 g/mol. The molecule has 0 aromatic heterocycles. The van der Waals surface area contributed by atoms with Gasteiger partial charge in [-0.2, -0.15) is 0 Å². The van der Waals surface area contributed by atoms with Crippen molar-refractivity contribution in [3.05, 3.63) is 46.4 Å². The van der Waals surface area contributed by atoms with Gasteiger partial charge in [0.15, 0.2) is 0 Å². The Labute approximate surface area is 126 Å². The van der Waals surface area contributed by atoms with Crippen LogP contribution in [0.1, 0.15) is 6.92 Å². The van der Waals surface area contributed by atoms with Gasteiger partial charge in [-0.3, -0.25) is 0 Å². The molecule has 0 bridgehead atoms. The summed E-state index contributed by atoms with van der Waals surface area (Å²) in [4.78, 5) is 1.01.